The van der Waals surface area contributed by atoms with Crippen molar-refractivity contribution >= 4 is 11.7 Å². The van der Waals surface area contributed by atoms with E-state index < -0.39 is 18.2 Å². The number of amides is 2. The van der Waals surface area contributed by atoms with Gasteiger partial charge >= 0.3 is 12.6 Å². The molecule has 1 aromatic carbocycles. The largest absolute Gasteiger partial charge is 0.433 e. The number of para-hydroxylation sites is 2. The molecule has 2 rings (SSSR count). The topological polar surface area (TPSA) is 70.6 Å². The van der Waals surface area contributed by atoms with Crippen LogP contribution in [0.2, 0.25) is 0 Å². The first kappa shape index (κ1) is 15.5. The van der Waals surface area contributed by atoms with Gasteiger partial charge in [-0.2, -0.15) is 8.78 Å². The number of ether oxygens (including phenoxy) is 1. The molecule has 1 saturated carbocycles. The smallest absolute Gasteiger partial charge is 0.387 e. The zero-order valence-electron chi connectivity index (χ0n) is 11.4. The second kappa shape index (κ2) is 6.71. The lowest BCUT2D eigenvalue weighted by Crippen LogP contribution is -2.42. The molecule has 0 unspecified atom stereocenters. The molecule has 0 aromatic heterocycles. The molecule has 1 aromatic rings. The molecule has 5 nitrogen and oxygen atoms in total. The number of urea groups is 1. The maximum atomic E-state index is 12.3. The lowest BCUT2D eigenvalue weighted by atomic mass is 10.0. The van der Waals surface area contributed by atoms with Crippen molar-refractivity contribution in [3.63, 3.8) is 0 Å². The van der Waals surface area contributed by atoms with Crippen LogP contribution in [0.4, 0.5) is 19.3 Å². The predicted octanol–water partition coefficient (Wildman–Crippen LogP) is 2.71. The van der Waals surface area contributed by atoms with Crippen LogP contribution in [-0.2, 0) is 0 Å². The number of halogens is 2. The highest BCUT2D eigenvalue weighted by atomic mass is 19.3. The molecule has 1 aliphatic carbocycles. The van der Waals surface area contributed by atoms with Gasteiger partial charge in [0.15, 0.2) is 0 Å². The fourth-order valence-corrected chi connectivity index (χ4v) is 2.39. The molecule has 1 fully saturated rings. The molecule has 1 aliphatic rings. The Kier molecular flexibility index (Phi) is 4.95. The average Bonchev–Trinajstić information content (AvgIpc) is 2.86. The van der Waals surface area contributed by atoms with Gasteiger partial charge in [0, 0.05) is 6.54 Å². The molecule has 0 bridgehead atoms. The quantitative estimate of drug-likeness (QED) is 0.783. The van der Waals surface area contributed by atoms with Gasteiger partial charge < -0.3 is 20.5 Å². The molecule has 0 atom stereocenters. The van der Waals surface area contributed by atoms with Crippen LogP contribution in [0.3, 0.4) is 0 Å². The Morgan fingerprint density at radius 1 is 1.33 bits per heavy atom. The van der Waals surface area contributed by atoms with Crippen molar-refractivity contribution < 1.29 is 23.4 Å². The van der Waals surface area contributed by atoms with Crippen molar-refractivity contribution in [2.24, 2.45) is 0 Å². The second-order valence-corrected chi connectivity index (χ2v) is 5.11. The molecule has 2 amide bonds. The summed E-state index contributed by atoms with van der Waals surface area (Å²) in [5.41, 5.74) is -0.718. The van der Waals surface area contributed by atoms with Gasteiger partial charge in [-0.05, 0) is 25.0 Å². The Balaban J connectivity index is 1.90. The van der Waals surface area contributed by atoms with E-state index >= 15 is 0 Å². The summed E-state index contributed by atoms with van der Waals surface area (Å²) in [6.45, 7) is -2.83. The van der Waals surface area contributed by atoms with Crippen molar-refractivity contribution in [1.82, 2.24) is 5.32 Å². The molecule has 21 heavy (non-hydrogen) atoms. The van der Waals surface area contributed by atoms with Gasteiger partial charge in [-0.25, -0.2) is 4.79 Å². The maximum Gasteiger partial charge on any atom is 0.387 e. The highest BCUT2D eigenvalue weighted by Gasteiger charge is 2.31. The summed E-state index contributed by atoms with van der Waals surface area (Å²) >= 11 is 0. The van der Waals surface area contributed by atoms with Gasteiger partial charge in [0.1, 0.15) is 5.75 Å². The number of hydrogen-bond donors (Lipinski definition) is 3. The van der Waals surface area contributed by atoms with E-state index in [1.807, 2.05) is 0 Å². The average molecular weight is 300 g/mol. The van der Waals surface area contributed by atoms with E-state index in [4.69, 9.17) is 0 Å². The van der Waals surface area contributed by atoms with Crippen LogP contribution < -0.4 is 15.4 Å². The van der Waals surface area contributed by atoms with Gasteiger partial charge in [0.05, 0.1) is 11.3 Å². The van der Waals surface area contributed by atoms with Crippen LogP contribution in [0.1, 0.15) is 25.7 Å². The van der Waals surface area contributed by atoms with Gasteiger partial charge in [-0.15, -0.1) is 0 Å². The van der Waals surface area contributed by atoms with Crippen molar-refractivity contribution in [2.45, 2.75) is 37.9 Å². The molecule has 7 heteroatoms. The molecule has 0 heterocycles. The third-order valence-corrected chi connectivity index (χ3v) is 3.46. The number of carbonyl (C=O) groups is 1. The van der Waals surface area contributed by atoms with Gasteiger partial charge in [0.25, 0.3) is 0 Å². The summed E-state index contributed by atoms with van der Waals surface area (Å²) in [5, 5.41) is 15.1. The van der Waals surface area contributed by atoms with Gasteiger partial charge in [0.2, 0.25) is 0 Å². The molecule has 3 N–H and O–H groups in total. The monoisotopic (exact) mass is 300 g/mol. The van der Waals surface area contributed by atoms with Gasteiger partial charge in [-0.3, -0.25) is 0 Å². The molecule has 116 valence electrons. The number of nitrogens with one attached hydrogen (secondary N) is 2. The number of hydrogen-bond acceptors (Lipinski definition) is 3. The zero-order valence-corrected chi connectivity index (χ0v) is 11.4. The van der Waals surface area contributed by atoms with E-state index in [9.17, 15) is 18.7 Å². The normalized spacial score (nSPS) is 16.8. The lowest BCUT2D eigenvalue weighted by molar-refractivity contribution is -0.0493. The first-order valence-electron chi connectivity index (χ1n) is 6.80. The minimum atomic E-state index is -2.96. The highest BCUT2D eigenvalue weighted by Crippen LogP contribution is 2.29. The zero-order chi connectivity index (χ0) is 15.3. The maximum absolute atomic E-state index is 12.3. The van der Waals surface area contributed by atoms with Crippen LogP contribution in [0.25, 0.3) is 0 Å². The Morgan fingerprint density at radius 3 is 2.67 bits per heavy atom. The molecule has 0 aliphatic heterocycles. The van der Waals surface area contributed by atoms with Gasteiger partial charge in [-0.1, -0.05) is 25.0 Å². The number of benzene rings is 1. The van der Waals surface area contributed by atoms with E-state index in [1.54, 1.807) is 6.07 Å². The molecular formula is C14H18F2N2O3. The van der Waals surface area contributed by atoms with Crippen LogP contribution in [0.15, 0.2) is 24.3 Å². The minimum absolute atomic E-state index is 0.109. The highest BCUT2D eigenvalue weighted by molar-refractivity contribution is 5.90. The van der Waals surface area contributed by atoms with Crippen molar-refractivity contribution in [1.29, 1.82) is 0 Å². The Bertz CT molecular complexity index is 491. The third kappa shape index (κ3) is 4.56. The van der Waals surface area contributed by atoms with E-state index in [0.717, 1.165) is 12.8 Å². The number of alkyl halides is 2. The number of aliphatic hydroxyl groups is 1. The third-order valence-electron chi connectivity index (χ3n) is 3.46. The SMILES string of the molecule is O=C(NCC1(O)CCCC1)Nc1ccccc1OC(F)F. The summed E-state index contributed by atoms with van der Waals surface area (Å²) in [6.07, 6.45) is 3.17. The lowest BCUT2D eigenvalue weighted by Gasteiger charge is -2.22. The van der Waals surface area contributed by atoms with E-state index in [-0.39, 0.29) is 18.0 Å². The molecule has 0 spiro atoms. The summed E-state index contributed by atoms with van der Waals surface area (Å²) in [5.74, 6) is -0.109. The minimum Gasteiger partial charge on any atom is -0.433 e. The van der Waals surface area contributed by atoms with Crippen molar-refractivity contribution in [2.75, 3.05) is 11.9 Å². The van der Waals surface area contributed by atoms with Crippen molar-refractivity contribution in [3.8, 4) is 5.75 Å². The fraction of sp³-hybridized carbons (Fsp3) is 0.500. The van der Waals surface area contributed by atoms with E-state index in [0.29, 0.717) is 12.8 Å². The first-order chi connectivity index (χ1) is 9.98. The van der Waals surface area contributed by atoms with Crippen LogP contribution >= 0.6 is 0 Å². The summed E-state index contributed by atoms with van der Waals surface area (Å²) in [6, 6.07) is 5.36. The summed E-state index contributed by atoms with van der Waals surface area (Å²) in [7, 11) is 0. The molecule has 0 radical (unpaired) electrons. The standard InChI is InChI=1S/C14H18F2N2O3/c15-12(16)21-11-6-2-1-5-10(11)18-13(19)17-9-14(20)7-3-4-8-14/h1-2,5-6,12,20H,3-4,7-9H2,(H2,17,18,19). The molecular weight excluding hydrogens is 282 g/mol. The van der Waals surface area contributed by atoms with Crippen LogP contribution in [0.5, 0.6) is 5.75 Å². The Labute approximate surface area is 121 Å². The summed E-state index contributed by atoms with van der Waals surface area (Å²) < 4.78 is 28.8. The fourth-order valence-electron chi connectivity index (χ4n) is 2.39. The Morgan fingerprint density at radius 2 is 2.00 bits per heavy atom. The van der Waals surface area contributed by atoms with E-state index in [1.165, 1.54) is 18.2 Å². The predicted molar refractivity (Wildman–Crippen MR) is 73.5 cm³/mol. The second-order valence-electron chi connectivity index (χ2n) is 5.11. The van der Waals surface area contributed by atoms with Crippen molar-refractivity contribution in [3.05, 3.63) is 24.3 Å². The van der Waals surface area contributed by atoms with Crippen LogP contribution in [-0.4, -0.2) is 29.9 Å². The number of anilines is 1. The molecule has 0 saturated heterocycles. The number of carbonyl (C=O) groups excluding carboxylic acids is 1. The summed E-state index contributed by atoms with van der Waals surface area (Å²) in [4.78, 5) is 11.8. The number of rotatable bonds is 5. The van der Waals surface area contributed by atoms with E-state index in [2.05, 4.69) is 15.4 Å². The van der Waals surface area contributed by atoms with Crippen LogP contribution in [0, 0.1) is 0 Å². The first-order valence-corrected chi connectivity index (χ1v) is 6.80. The Hall–Kier alpha value is -1.89.